The number of aryl methyl sites for hydroxylation is 1. The Bertz CT molecular complexity index is 921. The Labute approximate surface area is 151 Å². The number of urea groups is 1. The first-order valence-corrected chi connectivity index (χ1v) is 8.28. The second kappa shape index (κ2) is 7.00. The summed E-state index contributed by atoms with van der Waals surface area (Å²) in [7, 11) is 0. The lowest BCUT2D eigenvalue weighted by atomic mass is 9.94. The highest BCUT2D eigenvalue weighted by molar-refractivity contribution is 6.07. The van der Waals surface area contributed by atoms with Crippen LogP contribution in [0.25, 0.3) is 0 Å². The number of nitrogens with one attached hydrogen (secondary N) is 3. The first-order valence-electron chi connectivity index (χ1n) is 8.28. The van der Waals surface area contributed by atoms with E-state index < -0.39 is 23.8 Å². The van der Waals surface area contributed by atoms with Gasteiger partial charge in [-0.2, -0.15) is 0 Å². The zero-order chi connectivity index (χ0) is 18.8. The van der Waals surface area contributed by atoms with E-state index in [1.807, 2.05) is 32.0 Å². The minimum Gasteiger partial charge on any atom is -0.327 e. The van der Waals surface area contributed by atoms with E-state index in [1.54, 1.807) is 25.1 Å². The van der Waals surface area contributed by atoms with Crippen LogP contribution in [0.2, 0.25) is 0 Å². The second-order valence-corrected chi connectivity index (χ2v) is 6.29. The number of carbonyl (C=O) groups excluding carboxylic acids is 2. The lowest BCUT2D eigenvalue weighted by molar-refractivity contribution is -0.113. The van der Waals surface area contributed by atoms with Crippen LogP contribution in [0.4, 0.5) is 14.9 Å². The van der Waals surface area contributed by atoms with Crippen LogP contribution in [0.5, 0.6) is 0 Å². The number of carbonyl (C=O) groups is 2. The molecular weight excluding hydrogens is 333 g/mol. The summed E-state index contributed by atoms with van der Waals surface area (Å²) in [6.07, 6.45) is 0. The topological polar surface area (TPSA) is 70.2 Å². The highest BCUT2D eigenvalue weighted by atomic mass is 19.1. The summed E-state index contributed by atoms with van der Waals surface area (Å²) in [5, 5.41) is 8.10. The van der Waals surface area contributed by atoms with Gasteiger partial charge in [-0.05, 0) is 44.0 Å². The fraction of sp³-hybridized carbons (Fsp3) is 0.200. The summed E-state index contributed by atoms with van der Waals surface area (Å²) >= 11 is 0. The van der Waals surface area contributed by atoms with Gasteiger partial charge in [-0.3, -0.25) is 4.79 Å². The van der Waals surface area contributed by atoms with Crippen molar-refractivity contribution in [3.63, 3.8) is 0 Å². The van der Waals surface area contributed by atoms with Gasteiger partial charge < -0.3 is 16.0 Å². The van der Waals surface area contributed by atoms with Gasteiger partial charge in [0.2, 0.25) is 0 Å². The molecule has 1 heterocycles. The zero-order valence-corrected chi connectivity index (χ0v) is 14.8. The highest BCUT2D eigenvalue weighted by Gasteiger charge is 2.32. The van der Waals surface area contributed by atoms with Crippen LogP contribution in [0.1, 0.15) is 29.7 Å². The van der Waals surface area contributed by atoms with Crippen LogP contribution < -0.4 is 16.0 Å². The van der Waals surface area contributed by atoms with E-state index in [2.05, 4.69) is 16.0 Å². The summed E-state index contributed by atoms with van der Waals surface area (Å²) in [4.78, 5) is 24.8. The average Bonchev–Trinajstić information content (AvgIpc) is 2.58. The molecule has 0 aliphatic carbocycles. The predicted molar refractivity (Wildman–Crippen MR) is 98.1 cm³/mol. The summed E-state index contributed by atoms with van der Waals surface area (Å²) < 4.78 is 14.3. The third-order valence-electron chi connectivity index (χ3n) is 4.58. The van der Waals surface area contributed by atoms with Gasteiger partial charge in [-0.25, -0.2) is 9.18 Å². The fourth-order valence-electron chi connectivity index (χ4n) is 3.01. The van der Waals surface area contributed by atoms with Gasteiger partial charge in [0.25, 0.3) is 5.91 Å². The average molecular weight is 353 g/mol. The molecule has 3 amide bonds. The standard InChI is InChI=1S/C20H20FN3O2/c1-11-7-6-10-16(12(11)2)23-19(25)17-13(3)22-20(26)24-18(17)14-8-4-5-9-15(14)21/h4-10,18H,1-3H3,(H,23,25)(H2,22,24,26)/t18-/m1/s1. The molecular formula is C20H20FN3O2. The molecule has 0 saturated heterocycles. The number of benzene rings is 2. The smallest absolute Gasteiger partial charge is 0.319 e. The summed E-state index contributed by atoms with van der Waals surface area (Å²) in [6, 6.07) is 10.4. The Morgan fingerprint density at radius 3 is 2.54 bits per heavy atom. The van der Waals surface area contributed by atoms with E-state index in [-0.39, 0.29) is 11.1 Å². The van der Waals surface area contributed by atoms with E-state index in [0.29, 0.717) is 11.4 Å². The van der Waals surface area contributed by atoms with Crippen molar-refractivity contribution in [1.82, 2.24) is 10.6 Å². The molecule has 0 aromatic heterocycles. The summed E-state index contributed by atoms with van der Waals surface area (Å²) in [6.45, 7) is 5.51. The third kappa shape index (κ3) is 3.31. The number of allylic oxidation sites excluding steroid dienone is 1. The molecule has 5 nitrogen and oxygen atoms in total. The Hall–Kier alpha value is -3.15. The number of rotatable bonds is 3. The molecule has 3 N–H and O–H groups in total. The molecule has 1 atom stereocenters. The van der Waals surface area contributed by atoms with Crippen molar-refractivity contribution in [1.29, 1.82) is 0 Å². The molecule has 0 fully saturated rings. The number of halogens is 1. The zero-order valence-electron chi connectivity index (χ0n) is 14.8. The lowest BCUT2D eigenvalue weighted by Crippen LogP contribution is -2.46. The molecule has 26 heavy (non-hydrogen) atoms. The minimum atomic E-state index is -0.866. The third-order valence-corrected chi connectivity index (χ3v) is 4.58. The molecule has 3 rings (SSSR count). The van der Waals surface area contributed by atoms with Crippen molar-refractivity contribution in [2.45, 2.75) is 26.8 Å². The first kappa shape index (κ1) is 17.7. The van der Waals surface area contributed by atoms with Gasteiger partial charge in [0.1, 0.15) is 5.82 Å². The molecule has 0 saturated carbocycles. The van der Waals surface area contributed by atoms with E-state index >= 15 is 0 Å². The van der Waals surface area contributed by atoms with Gasteiger partial charge in [-0.15, -0.1) is 0 Å². The van der Waals surface area contributed by atoms with Crippen molar-refractivity contribution in [2.75, 3.05) is 5.32 Å². The molecule has 0 bridgehead atoms. The lowest BCUT2D eigenvalue weighted by Gasteiger charge is -2.29. The van der Waals surface area contributed by atoms with E-state index in [1.165, 1.54) is 6.07 Å². The van der Waals surface area contributed by atoms with Crippen LogP contribution >= 0.6 is 0 Å². The van der Waals surface area contributed by atoms with Crippen molar-refractivity contribution >= 4 is 17.6 Å². The molecule has 0 radical (unpaired) electrons. The predicted octanol–water partition coefficient (Wildman–Crippen LogP) is 3.71. The maximum absolute atomic E-state index is 14.3. The molecule has 2 aromatic rings. The normalized spacial score (nSPS) is 16.8. The van der Waals surface area contributed by atoms with E-state index in [9.17, 15) is 14.0 Å². The number of amides is 3. The quantitative estimate of drug-likeness (QED) is 0.787. The van der Waals surface area contributed by atoms with Crippen LogP contribution in [-0.2, 0) is 4.79 Å². The Kier molecular flexibility index (Phi) is 4.75. The van der Waals surface area contributed by atoms with Crippen molar-refractivity contribution in [2.24, 2.45) is 0 Å². The van der Waals surface area contributed by atoms with Crippen LogP contribution in [-0.4, -0.2) is 11.9 Å². The number of hydrogen-bond donors (Lipinski definition) is 3. The van der Waals surface area contributed by atoms with Crippen LogP contribution in [0.15, 0.2) is 53.7 Å². The fourth-order valence-corrected chi connectivity index (χ4v) is 3.01. The Morgan fingerprint density at radius 1 is 1.08 bits per heavy atom. The largest absolute Gasteiger partial charge is 0.327 e. The van der Waals surface area contributed by atoms with Crippen LogP contribution in [0.3, 0.4) is 0 Å². The van der Waals surface area contributed by atoms with Gasteiger partial charge >= 0.3 is 6.03 Å². The molecule has 0 unspecified atom stereocenters. The van der Waals surface area contributed by atoms with Gasteiger partial charge in [0.05, 0.1) is 11.6 Å². The van der Waals surface area contributed by atoms with Crippen LogP contribution in [0, 0.1) is 19.7 Å². The van der Waals surface area contributed by atoms with Crippen molar-refractivity contribution < 1.29 is 14.0 Å². The molecule has 134 valence electrons. The van der Waals surface area contributed by atoms with Crippen molar-refractivity contribution in [3.8, 4) is 0 Å². The first-order chi connectivity index (χ1) is 12.4. The maximum Gasteiger partial charge on any atom is 0.319 e. The van der Waals surface area contributed by atoms with Crippen molar-refractivity contribution in [3.05, 3.63) is 76.2 Å². The summed E-state index contributed by atoms with van der Waals surface area (Å²) in [5.74, 6) is -0.874. The van der Waals surface area contributed by atoms with E-state index in [0.717, 1.165) is 11.1 Å². The Morgan fingerprint density at radius 2 is 1.81 bits per heavy atom. The number of anilines is 1. The molecule has 1 aliphatic heterocycles. The molecule has 6 heteroatoms. The summed E-state index contributed by atoms with van der Waals surface area (Å²) in [5.41, 5.74) is 3.59. The monoisotopic (exact) mass is 353 g/mol. The maximum atomic E-state index is 14.3. The highest BCUT2D eigenvalue weighted by Crippen LogP contribution is 2.30. The van der Waals surface area contributed by atoms with Gasteiger partial charge in [0, 0.05) is 16.9 Å². The van der Waals surface area contributed by atoms with Gasteiger partial charge in [-0.1, -0.05) is 30.3 Å². The SMILES string of the molecule is CC1=C(C(=O)Nc2cccc(C)c2C)[C@@H](c2ccccc2F)NC(=O)N1. The molecule has 0 spiro atoms. The minimum absolute atomic E-state index is 0.243. The van der Waals surface area contributed by atoms with E-state index in [4.69, 9.17) is 0 Å². The Balaban J connectivity index is 2.00. The van der Waals surface area contributed by atoms with Gasteiger partial charge in [0.15, 0.2) is 0 Å². The number of hydrogen-bond acceptors (Lipinski definition) is 2. The molecule has 2 aromatic carbocycles. The second-order valence-electron chi connectivity index (χ2n) is 6.29. The molecule has 1 aliphatic rings.